The average Bonchev–Trinajstić information content (AvgIpc) is 2.62. The van der Waals surface area contributed by atoms with Crippen LogP contribution in [0.15, 0.2) is 42.5 Å². The lowest BCUT2D eigenvalue weighted by Crippen LogP contribution is -2.41. The maximum Gasteiger partial charge on any atom is 0.239 e. The molecule has 0 fully saturated rings. The predicted octanol–water partition coefficient (Wildman–Crippen LogP) is 2.13. The lowest BCUT2D eigenvalue weighted by molar-refractivity contribution is -0.125. The Kier molecular flexibility index (Phi) is 6.75. The first kappa shape index (κ1) is 17.9. The fraction of sp³-hybridized carbons (Fsp3) is 0.368. The highest BCUT2D eigenvalue weighted by Crippen LogP contribution is 2.23. The van der Waals surface area contributed by atoms with Crippen LogP contribution >= 0.6 is 0 Å². The molecule has 128 valence electrons. The van der Waals surface area contributed by atoms with Crippen molar-refractivity contribution in [3.8, 4) is 0 Å². The van der Waals surface area contributed by atoms with Crippen LogP contribution in [-0.2, 0) is 9.59 Å². The number of nitrogens with one attached hydrogen (secondary N) is 3. The van der Waals surface area contributed by atoms with E-state index in [9.17, 15) is 9.59 Å². The third-order valence-electron chi connectivity index (χ3n) is 3.88. The number of rotatable bonds is 8. The Hall–Kier alpha value is -2.40. The van der Waals surface area contributed by atoms with E-state index in [0.29, 0.717) is 6.54 Å². The van der Waals surface area contributed by atoms with E-state index in [4.69, 9.17) is 0 Å². The fourth-order valence-electron chi connectivity index (χ4n) is 2.55. The van der Waals surface area contributed by atoms with Crippen molar-refractivity contribution < 1.29 is 9.59 Å². The van der Waals surface area contributed by atoms with Crippen molar-refractivity contribution in [1.82, 2.24) is 16.0 Å². The minimum atomic E-state index is -0.186. The predicted molar refractivity (Wildman–Crippen MR) is 96.7 cm³/mol. The van der Waals surface area contributed by atoms with E-state index in [1.165, 1.54) is 10.8 Å². The Morgan fingerprint density at radius 3 is 2.46 bits per heavy atom. The van der Waals surface area contributed by atoms with Crippen LogP contribution in [0.3, 0.4) is 0 Å². The molecule has 0 aromatic heterocycles. The van der Waals surface area contributed by atoms with Crippen LogP contribution in [0, 0.1) is 0 Å². The van der Waals surface area contributed by atoms with E-state index < -0.39 is 0 Å². The zero-order chi connectivity index (χ0) is 17.4. The summed E-state index contributed by atoms with van der Waals surface area (Å²) in [6.45, 7) is 4.83. The number of fused-ring (bicyclic) bond motifs is 1. The molecule has 0 unspecified atom stereocenters. The van der Waals surface area contributed by atoms with Crippen LogP contribution in [0.2, 0.25) is 0 Å². The van der Waals surface area contributed by atoms with Gasteiger partial charge in [0.15, 0.2) is 0 Å². The van der Waals surface area contributed by atoms with Crippen LogP contribution in [0.1, 0.15) is 31.9 Å². The van der Waals surface area contributed by atoms with E-state index in [1.54, 1.807) is 0 Å². The normalized spacial score (nSPS) is 11.9. The molecular weight excluding hydrogens is 302 g/mol. The molecule has 0 bridgehead atoms. The van der Waals surface area contributed by atoms with Gasteiger partial charge in [-0.2, -0.15) is 0 Å². The Bertz CT molecular complexity index is 695. The Balaban J connectivity index is 1.85. The van der Waals surface area contributed by atoms with Gasteiger partial charge in [-0.15, -0.1) is 0 Å². The molecule has 24 heavy (non-hydrogen) atoms. The summed E-state index contributed by atoms with van der Waals surface area (Å²) in [6.07, 6.45) is 0.879. The summed E-state index contributed by atoms with van der Waals surface area (Å²) >= 11 is 0. The van der Waals surface area contributed by atoms with Gasteiger partial charge < -0.3 is 16.0 Å². The molecule has 0 saturated heterocycles. The summed E-state index contributed by atoms with van der Waals surface area (Å²) in [5.74, 6) is -0.346. The van der Waals surface area contributed by atoms with E-state index in [1.807, 2.05) is 32.0 Å². The number of carbonyl (C=O) groups is 2. The second-order valence-corrected chi connectivity index (χ2v) is 5.80. The molecule has 0 aliphatic heterocycles. The van der Waals surface area contributed by atoms with E-state index >= 15 is 0 Å². The highest BCUT2D eigenvalue weighted by Gasteiger charge is 2.11. The van der Waals surface area contributed by atoms with Crippen molar-refractivity contribution in [3.05, 3.63) is 48.0 Å². The molecule has 2 amide bonds. The van der Waals surface area contributed by atoms with Gasteiger partial charge in [0.2, 0.25) is 11.8 Å². The molecule has 2 aromatic carbocycles. The molecule has 2 aromatic rings. The summed E-state index contributed by atoms with van der Waals surface area (Å²) in [5.41, 5.74) is 1.15. The quantitative estimate of drug-likeness (QED) is 0.696. The number of amides is 2. The van der Waals surface area contributed by atoms with Crippen molar-refractivity contribution in [2.24, 2.45) is 0 Å². The van der Waals surface area contributed by atoms with Crippen molar-refractivity contribution in [1.29, 1.82) is 0 Å². The summed E-state index contributed by atoms with van der Waals surface area (Å²) < 4.78 is 0. The maximum absolute atomic E-state index is 11.9. The summed E-state index contributed by atoms with van der Waals surface area (Å²) in [6, 6.07) is 14.4. The second-order valence-electron chi connectivity index (χ2n) is 5.80. The average molecular weight is 327 g/mol. The van der Waals surface area contributed by atoms with Crippen LogP contribution in [0.4, 0.5) is 0 Å². The zero-order valence-electron chi connectivity index (χ0n) is 14.3. The molecule has 1 atom stereocenters. The zero-order valence-corrected chi connectivity index (χ0v) is 14.3. The number of carbonyl (C=O) groups excluding carboxylic acids is 2. The molecule has 0 spiro atoms. The Labute approximate surface area is 142 Å². The van der Waals surface area contributed by atoms with Gasteiger partial charge in [0.05, 0.1) is 13.1 Å². The molecule has 0 aliphatic rings. The molecule has 0 radical (unpaired) electrons. The molecule has 0 heterocycles. The second kappa shape index (κ2) is 9.03. The van der Waals surface area contributed by atoms with Crippen LogP contribution in [0.25, 0.3) is 10.8 Å². The summed E-state index contributed by atoms with van der Waals surface area (Å²) in [7, 11) is 0. The first-order chi connectivity index (χ1) is 11.6. The Morgan fingerprint density at radius 1 is 0.958 bits per heavy atom. The SMILES string of the molecule is CCCNC(=O)CNC(=O)CN[C@H](C)c1cccc2ccccc12. The topological polar surface area (TPSA) is 70.2 Å². The highest BCUT2D eigenvalue weighted by molar-refractivity contribution is 5.87. The van der Waals surface area contributed by atoms with Gasteiger partial charge in [0.1, 0.15) is 0 Å². The molecule has 3 N–H and O–H groups in total. The van der Waals surface area contributed by atoms with Crippen molar-refractivity contribution >= 4 is 22.6 Å². The van der Waals surface area contributed by atoms with Gasteiger partial charge in [0.25, 0.3) is 0 Å². The van der Waals surface area contributed by atoms with Crippen LogP contribution in [0.5, 0.6) is 0 Å². The van der Waals surface area contributed by atoms with Crippen molar-refractivity contribution in [2.75, 3.05) is 19.6 Å². The molecule has 5 nitrogen and oxygen atoms in total. The van der Waals surface area contributed by atoms with Gasteiger partial charge in [0, 0.05) is 12.6 Å². The Morgan fingerprint density at radius 2 is 1.67 bits per heavy atom. The molecule has 2 rings (SSSR count). The highest BCUT2D eigenvalue weighted by atomic mass is 16.2. The minimum absolute atomic E-state index is 0.0170. The summed E-state index contributed by atoms with van der Waals surface area (Å²) in [4.78, 5) is 23.3. The van der Waals surface area contributed by atoms with Gasteiger partial charge in [-0.3, -0.25) is 9.59 Å². The van der Waals surface area contributed by atoms with Crippen LogP contribution < -0.4 is 16.0 Å². The first-order valence-corrected chi connectivity index (χ1v) is 8.36. The molecule has 5 heteroatoms. The minimum Gasteiger partial charge on any atom is -0.355 e. The van der Waals surface area contributed by atoms with Gasteiger partial charge >= 0.3 is 0 Å². The first-order valence-electron chi connectivity index (χ1n) is 8.36. The van der Waals surface area contributed by atoms with Gasteiger partial charge in [-0.1, -0.05) is 49.4 Å². The number of hydrogen-bond acceptors (Lipinski definition) is 3. The molecule has 0 saturated carbocycles. The summed E-state index contributed by atoms with van der Waals surface area (Å²) in [5, 5.41) is 10.9. The molecule has 0 aliphatic carbocycles. The van der Waals surface area contributed by atoms with Crippen LogP contribution in [-0.4, -0.2) is 31.4 Å². The lowest BCUT2D eigenvalue weighted by Gasteiger charge is -2.16. The van der Waals surface area contributed by atoms with E-state index in [0.717, 1.165) is 12.0 Å². The third-order valence-corrected chi connectivity index (χ3v) is 3.88. The van der Waals surface area contributed by atoms with Crippen molar-refractivity contribution in [3.63, 3.8) is 0 Å². The standard InChI is InChI=1S/C19H25N3O2/c1-3-11-20-18(23)13-22-19(24)12-21-14(2)16-10-6-8-15-7-4-5-9-17(15)16/h4-10,14,21H,3,11-13H2,1-2H3,(H,20,23)(H,22,24)/t14-/m1/s1. The van der Waals surface area contributed by atoms with Crippen molar-refractivity contribution in [2.45, 2.75) is 26.3 Å². The lowest BCUT2D eigenvalue weighted by atomic mass is 10.00. The van der Waals surface area contributed by atoms with E-state index in [-0.39, 0.29) is 30.9 Å². The monoisotopic (exact) mass is 327 g/mol. The smallest absolute Gasteiger partial charge is 0.239 e. The van der Waals surface area contributed by atoms with Gasteiger partial charge in [-0.05, 0) is 29.7 Å². The van der Waals surface area contributed by atoms with Gasteiger partial charge in [-0.25, -0.2) is 0 Å². The third kappa shape index (κ3) is 5.06. The van der Waals surface area contributed by atoms with E-state index in [2.05, 4.69) is 40.2 Å². The fourth-order valence-corrected chi connectivity index (χ4v) is 2.55. The number of hydrogen-bond donors (Lipinski definition) is 3. The largest absolute Gasteiger partial charge is 0.355 e. The maximum atomic E-state index is 11.9. The molecular formula is C19H25N3O2. The number of benzene rings is 2.